The first-order valence-electron chi connectivity index (χ1n) is 7.77. The molecule has 7 nitrogen and oxygen atoms in total. The predicted octanol–water partition coefficient (Wildman–Crippen LogP) is 4.73. The van der Waals surface area contributed by atoms with Gasteiger partial charge in [0, 0.05) is 23.7 Å². The van der Waals surface area contributed by atoms with Crippen LogP contribution in [-0.4, -0.2) is 22.4 Å². The third-order valence-corrected chi connectivity index (χ3v) is 4.92. The summed E-state index contributed by atoms with van der Waals surface area (Å²) < 4.78 is 6.41. The summed E-state index contributed by atoms with van der Waals surface area (Å²) in [6, 6.07) is 9.60. The van der Waals surface area contributed by atoms with E-state index in [4.69, 9.17) is 16.3 Å². The molecule has 3 aromatic rings. The first-order chi connectivity index (χ1) is 12.9. The maximum absolute atomic E-state index is 12.3. The van der Waals surface area contributed by atoms with Crippen LogP contribution in [0.5, 0.6) is 5.75 Å². The number of pyridine rings is 1. The van der Waals surface area contributed by atoms with Crippen LogP contribution < -0.4 is 10.1 Å². The Kier molecular flexibility index (Phi) is 5.76. The van der Waals surface area contributed by atoms with Gasteiger partial charge in [-0.2, -0.15) is 0 Å². The number of nitrogens with zero attached hydrogens (tertiary/aromatic N) is 2. The summed E-state index contributed by atoms with van der Waals surface area (Å²) >= 11 is 8.29. The van der Waals surface area contributed by atoms with Gasteiger partial charge in [0.2, 0.25) is 0 Å². The smallest absolute Gasteiger partial charge is 0.271 e. The van der Waals surface area contributed by atoms with Gasteiger partial charge in [-0.3, -0.25) is 19.9 Å². The number of halogens is 2. The largest absolute Gasteiger partial charge is 0.480 e. The Morgan fingerprint density at radius 3 is 2.89 bits per heavy atom. The molecule has 9 heteroatoms. The maximum Gasteiger partial charge on any atom is 0.271 e. The minimum atomic E-state index is -0.514. The Morgan fingerprint density at radius 1 is 1.37 bits per heavy atom. The average molecular weight is 498 g/mol. The molecule has 1 heterocycles. The van der Waals surface area contributed by atoms with Crippen LogP contribution in [0.2, 0.25) is 5.02 Å². The number of anilines is 1. The van der Waals surface area contributed by atoms with Gasteiger partial charge in [0.1, 0.15) is 5.52 Å². The van der Waals surface area contributed by atoms with Crippen LogP contribution in [0.1, 0.15) is 5.56 Å². The van der Waals surface area contributed by atoms with E-state index in [0.717, 1.165) is 8.96 Å². The van der Waals surface area contributed by atoms with E-state index in [1.54, 1.807) is 31.3 Å². The average Bonchev–Trinajstić information content (AvgIpc) is 2.63. The van der Waals surface area contributed by atoms with Gasteiger partial charge < -0.3 is 10.1 Å². The van der Waals surface area contributed by atoms with E-state index in [-0.39, 0.29) is 12.3 Å². The van der Waals surface area contributed by atoms with Crippen molar-refractivity contribution in [3.63, 3.8) is 0 Å². The van der Waals surface area contributed by atoms with E-state index in [1.165, 1.54) is 12.1 Å². The van der Waals surface area contributed by atoms with Crippen molar-refractivity contribution in [1.82, 2.24) is 4.98 Å². The van der Waals surface area contributed by atoms with Gasteiger partial charge in [0.25, 0.3) is 11.6 Å². The summed E-state index contributed by atoms with van der Waals surface area (Å²) in [4.78, 5) is 27.0. The van der Waals surface area contributed by atoms with Crippen LogP contribution >= 0.6 is 34.2 Å². The molecular weight excluding hydrogens is 485 g/mol. The van der Waals surface area contributed by atoms with Gasteiger partial charge in [-0.25, -0.2) is 0 Å². The molecule has 0 saturated carbocycles. The van der Waals surface area contributed by atoms with Gasteiger partial charge in [0.05, 0.1) is 19.2 Å². The molecule has 0 aliphatic carbocycles. The molecule has 0 saturated heterocycles. The third-order valence-electron chi connectivity index (χ3n) is 3.80. The SMILES string of the molecule is Cc1ccc([N+](=O)[O-])cc1NC(=O)COc1c(I)cc(Cl)c2cccnc12. The second-order valence-corrected chi connectivity index (χ2v) is 7.23. The quantitative estimate of drug-likeness (QED) is 0.312. The Morgan fingerprint density at radius 2 is 2.15 bits per heavy atom. The van der Waals surface area contributed by atoms with Crippen molar-refractivity contribution >= 4 is 62.4 Å². The highest BCUT2D eigenvalue weighted by Gasteiger charge is 2.15. The van der Waals surface area contributed by atoms with Gasteiger partial charge in [-0.1, -0.05) is 17.7 Å². The fraction of sp³-hybridized carbons (Fsp3) is 0.111. The number of aryl methyl sites for hydroxylation is 1. The number of carbonyl (C=O) groups is 1. The van der Waals surface area contributed by atoms with Crippen molar-refractivity contribution in [2.45, 2.75) is 6.92 Å². The molecule has 138 valence electrons. The van der Waals surface area contributed by atoms with E-state index in [0.29, 0.717) is 27.5 Å². The number of rotatable bonds is 5. The molecule has 0 atom stereocenters. The van der Waals surface area contributed by atoms with Gasteiger partial charge in [-0.15, -0.1) is 0 Å². The maximum atomic E-state index is 12.3. The fourth-order valence-electron chi connectivity index (χ4n) is 2.47. The molecule has 1 amide bonds. The van der Waals surface area contributed by atoms with Crippen molar-refractivity contribution in [2.75, 3.05) is 11.9 Å². The standard InChI is InChI=1S/C18H13ClIN3O4/c1-10-4-5-11(23(25)26)7-15(10)22-16(24)9-27-18-14(20)8-13(19)12-3-2-6-21-17(12)18/h2-8H,9H2,1H3,(H,22,24). The van der Waals surface area contributed by atoms with Crippen LogP contribution in [0, 0.1) is 20.6 Å². The zero-order chi connectivity index (χ0) is 19.6. The number of hydrogen-bond acceptors (Lipinski definition) is 5. The summed E-state index contributed by atoms with van der Waals surface area (Å²) in [6.45, 7) is 1.48. The highest BCUT2D eigenvalue weighted by molar-refractivity contribution is 14.1. The number of nitrogens with one attached hydrogen (secondary N) is 1. The number of nitro groups is 1. The number of fused-ring (bicyclic) bond motifs is 1. The number of ether oxygens (including phenoxy) is 1. The van der Waals surface area contributed by atoms with Gasteiger partial charge >= 0.3 is 0 Å². The van der Waals surface area contributed by atoms with E-state index in [2.05, 4.69) is 32.9 Å². The molecule has 0 aliphatic rings. The Balaban J connectivity index is 1.78. The normalized spacial score (nSPS) is 10.6. The molecular formula is C18H13ClIN3O4. The predicted molar refractivity (Wildman–Crippen MR) is 111 cm³/mol. The number of non-ortho nitro benzene ring substituents is 1. The van der Waals surface area contributed by atoms with Crippen molar-refractivity contribution in [1.29, 1.82) is 0 Å². The van der Waals surface area contributed by atoms with Crippen LogP contribution in [0.15, 0.2) is 42.6 Å². The Bertz CT molecular complexity index is 1060. The second kappa shape index (κ2) is 8.05. The topological polar surface area (TPSA) is 94.4 Å². The summed E-state index contributed by atoms with van der Waals surface area (Å²) in [5, 5.41) is 14.8. The first-order valence-corrected chi connectivity index (χ1v) is 9.23. The molecule has 3 rings (SSSR count). The highest BCUT2D eigenvalue weighted by Crippen LogP contribution is 2.34. The third kappa shape index (κ3) is 4.28. The molecule has 0 spiro atoms. The van der Waals surface area contributed by atoms with E-state index in [9.17, 15) is 14.9 Å². The van der Waals surface area contributed by atoms with Gasteiger partial charge in [-0.05, 0) is 53.3 Å². The highest BCUT2D eigenvalue weighted by atomic mass is 127. The number of aromatic nitrogens is 1. The lowest BCUT2D eigenvalue weighted by Gasteiger charge is -2.13. The van der Waals surface area contributed by atoms with Crippen molar-refractivity contribution in [2.24, 2.45) is 0 Å². The minimum absolute atomic E-state index is 0.0979. The molecule has 0 radical (unpaired) electrons. The summed E-state index contributed by atoms with van der Waals surface area (Å²) in [5.41, 5.74) is 1.54. The summed E-state index contributed by atoms with van der Waals surface area (Å²) in [7, 11) is 0. The van der Waals surface area contributed by atoms with E-state index < -0.39 is 10.8 Å². The molecule has 1 aromatic heterocycles. The molecule has 2 aromatic carbocycles. The lowest BCUT2D eigenvalue weighted by molar-refractivity contribution is -0.384. The van der Waals surface area contributed by atoms with Crippen LogP contribution in [0.3, 0.4) is 0 Å². The second-order valence-electron chi connectivity index (χ2n) is 5.66. The number of carbonyl (C=O) groups excluding carboxylic acids is 1. The van der Waals surface area contributed by atoms with Crippen molar-refractivity contribution in [3.8, 4) is 5.75 Å². The Labute approximate surface area is 173 Å². The molecule has 0 aliphatic heterocycles. The minimum Gasteiger partial charge on any atom is -0.480 e. The monoisotopic (exact) mass is 497 g/mol. The summed E-state index contributed by atoms with van der Waals surface area (Å²) in [6.07, 6.45) is 1.62. The zero-order valence-electron chi connectivity index (χ0n) is 14.0. The first kappa shape index (κ1) is 19.3. The Hall–Kier alpha value is -2.46. The number of amides is 1. The lowest BCUT2D eigenvalue weighted by atomic mass is 10.2. The lowest BCUT2D eigenvalue weighted by Crippen LogP contribution is -2.21. The van der Waals surface area contributed by atoms with E-state index >= 15 is 0 Å². The zero-order valence-corrected chi connectivity index (χ0v) is 16.9. The number of nitro benzene ring substituents is 1. The molecule has 27 heavy (non-hydrogen) atoms. The van der Waals surface area contributed by atoms with Crippen LogP contribution in [-0.2, 0) is 4.79 Å². The van der Waals surface area contributed by atoms with Crippen molar-refractivity contribution in [3.05, 3.63) is 66.9 Å². The fourth-order valence-corrected chi connectivity index (χ4v) is 3.63. The number of hydrogen-bond donors (Lipinski definition) is 1. The molecule has 0 fully saturated rings. The molecule has 1 N–H and O–H groups in total. The van der Waals surface area contributed by atoms with Crippen molar-refractivity contribution < 1.29 is 14.5 Å². The van der Waals surface area contributed by atoms with Crippen LogP contribution in [0.25, 0.3) is 10.9 Å². The number of benzene rings is 2. The molecule has 0 bridgehead atoms. The van der Waals surface area contributed by atoms with Crippen LogP contribution in [0.4, 0.5) is 11.4 Å². The van der Waals surface area contributed by atoms with E-state index in [1.807, 2.05) is 6.07 Å². The van der Waals surface area contributed by atoms with Gasteiger partial charge in [0.15, 0.2) is 12.4 Å². The summed E-state index contributed by atoms with van der Waals surface area (Å²) in [5.74, 6) is 0.0231. The molecule has 0 unspecified atom stereocenters.